The van der Waals surface area contributed by atoms with Gasteiger partial charge in [0.25, 0.3) is 5.56 Å². The molecule has 0 N–H and O–H groups in total. The number of hydrogen-bond acceptors (Lipinski definition) is 3. The van der Waals surface area contributed by atoms with E-state index in [4.69, 9.17) is 4.74 Å². The van der Waals surface area contributed by atoms with Gasteiger partial charge in [-0.15, -0.1) is 0 Å². The number of carbonyl (C=O) groups excluding carboxylic acids is 1. The van der Waals surface area contributed by atoms with Gasteiger partial charge in [-0.2, -0.15) is 0 Å². The molecule has 0 spiro atoms. The van der Waals surface area contributed by atoms with Crippen molar-refractivity contribution in [1.29, 1.82) is 0 Å². The van der Waals surface area contributed by atoms with Crippen LogP contribution in [-0.2, 0) is 18.4 Å². The predicted octanol–water partition coefficient (Wildman–Crippen LogP) is 2.35. The van der Waals surface area contributed by atoms with Gasteiger partial charge in [-0.1, -0.05) is 18.2 Å². The largest absolute Gasteiger partial charge is 0.456 e. The lowest BCUT2D eigenvalue weighted by atomic mass is 10.2. The molecule has 2 aromatic rings. The molecule has 1 aromatic heterocycles. The average Bonchev–Trinajstić information content (AvgIpc) is 2.41. The molecule has 1 heterocycles. The van der Waals surface area contributed by atoms with Crippen molar-refractivity contribution in [3.05, 3.63) is 67.6 Å². The quantitative estimate of drug-likeness (QED) is 0.617. The summed E-state index contributed by atoms with van der Waals surface area (Å²) >= 11 is 2.21. The molecule has 0 radical (unpaired) electrons. The summed E-state index contributed by atoms with van der Waals surface area (Å²) in [6.45, 7) is 0.193. The topological polar surface area (TPSA) is 48.3 Å². The van der Waals surface area contributed by atoms with E-state index in [0.717, 1.165) is 9.13 Å². The second kappa shape index (κ2) is 6.01. The Bertz CT molecular complexity index is 646. The zero-order valence-electron chi connectivity index (χ0n) is 10.3. The van der Waals surface area contributed by atoms with Crippen molar-refractivity contribution in [3.63, 3.8) is 0 Å². The van der Waals surface area contributed by atoms with E-state index in [0.29, 0.717) is 0 Å². The molecule has 0 bridgehead atoms. The number of rotatable bonds is 3. The number of hydrogen-bond donors (Lipinski definition) is 0. The molecule has 0 atom stereocenters. The summed E-state index contributed by atoms with van der Waals surface area (Å²) in [4.78, 5) is 23.3. The van der Waals surface area contributed by atoms with Gasteiger partial charge < -0.3 is 9.30 Å². The van der Waals surface area contributed by atoms with E-state index in [1.807, 2.05) is 24.3 Å². The third-order valence-corrected chi connectivity index (χ3v) is 3.40. The molecule has 19 heavy (non-hydrogen) atoms. The van der Waals surface area contributed by atoms with E-state index in [2.05, 4.69) is 22.6 Å². The highest BCUT2D eigenvalue weighted by Crippen LogP contribution is 2.09. The minimum atomic E-state index is -0.501. The molecule has 0 aliphatic rings. The second-order valence-electron chi connectivity index (χ2n) is 4.01. The molecule has 5 heteroatoms. The lowest BCUT2D eigenvalue weighted by molar-refractivity contribution is 0.0460. The zero-order chi connectivity index (χ0) is 13.8. The average molecular weight is 369 g/mol. The molecule has 0 amide bonds. The Morgan fingerprint density at radius 3 is 2.58 bits per heavy atom. The highest BCUT2D eigenvalue weighted by molar-refractivity contribution is 14.1. The van der Waals surface area contributed by atoms with E-state index < -0.39 is 5.97 Å². The first-order valence-electron chi connectivity index (χ1n) is 5.65. The van der Waals surface area contributed by atoms with Gasteiger partial charge in [0.05, 0.1) is 0 Å². The summed E-state index contributed by atoms with van der Waals surface area (Å²) in [7, 11) is 1.55. The Balaban J connectivity index is 2.07. The van der Waals surface area contributed by atoms with Gasteiger partial charge in [0.15, 0.2) is 0 Å². The Hall–Kier alpha value is -1.63. The third-order valence-electron chi connectivity index (χ3n) is 2.68. The fraction of sp³-hybridized carbons (Fsp3) is 0.143. The van der Waals surface area contributed by atoms with Gasteiger partial charge in [-0.05, 0) is 46.4 Å². The van der Waals surface area contributed by atoms with E-state index >= 15 is 0 Å². The second-order valence-corrected chi connectivity index (χ2v) is 5.26. The van der Waals surface area contributed by atoms with Crippen LogP contribution >= 0.6 is 22.6 Å². The molecule has 98 valence electrons. The van der Waals surface area contributed by atoms with Gasteiger partial charge >= 0.3 is 5.97 Å². The molecular formula is C14H12INO3. The Morgan fingerprint density at radius 1 is 1.21 bits per heavy atom. The molecular weight excluding hydrogens is 357 g/mol. The minimum absolute atomic E-state index is 0.193. The molecule has 2 rings (SSSR count). The van der Waals surface area contributed by atoms with Crippen LogP contribution in [-0.4, -0.2) is 10.5 Å². The first-order valence-corrected chi connectivity index (χ1v) is 6.73. The predicted molar refractivity (Wildman–Crippen MR) is 80.0 cm³/mol. The van der Waals surface area contributed by atoms with Gasteiger partial charge in [0.2, 0.25) is 0 Å². The molecule has 0 fully saturated rings. The minimum Gasteiger partial charge on any atom is -0.456 e. The van der Waals surface area contributed by atoms with Crippen molar-refractivity contribution < 1.29 is 9.53 Å². The normalized spacial score (nSPS) is 10.2. The highest BCUT2D eigenvalue weighted by atomic mass is 127. The number of benzene rings is 1. The van der Waals surface area contributed by atoms with Crippen molar-refractivity contribution in [1.82, 2.24) is 4.57 Å². The maximum Gasteiger partial charge on any atom is 0.355 e. The fourth-order valence-electron chi connectivity index (χ4n) is 1.57. The number of pyridine rings is 1. The van der Waals surface area contributed by atoms with Crippen LogP contribution in [0.1, 0.15) is 16.1 Å². The van der Waals surface area contributed by atoms with Crippen LogP contribution in [0, 0.1) is 3.57 Å². The highest BCUT2D eigenvalue weighted by Gasteiger charge is 2.11. The van der Waals surface area contributed by atoms with Crippen molar-refractivity contribution in [2.24, 2.45) is 7.05 Å². The van der Waals surface area contributed by atoms with Gasteiger partial charge in [-0.3, -0.25) is 4.79 Å². The summed E-state index contributed by atoms with van der Waals surface area (Å²) in [6, 6.07) is 12.2. The molecule has 0 saturated carbocycles. The SMILES string of the molecule is Cn1c(C(=O)OCc2ccc(I)cc2)cccc1=O. The van der Waals surface area contributed by atoms with Crippen LogP contribution in [0.2, 0.25) is 0 Å². The number of carbonyl (C=O) groups is 1. The number of esters is 1. The monoisotopic (exact) mass is 369 g/mol. The summed E-state index contributed by atoms with van der Waals surface area (Å²) in [5.74, 6) is -0.501. The summed E-state index contributed by atoms with van der Waals surface area (Å²) in [6.07, 6.45) is 0. The van der Waals surface area contributed by atoms with Crippen molar-refractivity contribution in [2.45, 2.75) is 6.61 Å². The maximum atomic E-state index is 11.9. The Labute approximate surface area is 124 Å². The summed E-state index contributed by atoms with van der Waals surface area (Å²) in [5, 5.41) is 0. The zero-order valence-corrected chi connectivity index (χ0v) is 12.5. The molecule has 4 nitrogen and oxygen atoms in total. The smallest absolute Gasteiger partial charge is 0.355 e. The molecule has 0 unspecified atom stereocenters. The van der Waals surface area contributed by atoms with Crippen molar-refractivity contribution in [2.75, 3.05) is 0 Å². The van der Waals surface area contributed by atoms with Crippen LogP contribution in [0.4, 0.5) is 0 Å². The van der Waals surface area contributed by atoms with E-state index in [1.54, 1.807) is 19.2 Å². The van der Waals surface area contributed by atoms with Crippen molar-refractivity contribution >= 4 is 28.6 Å². The number of nitrogens with zero attached hydrogens (tertiary/aromatic N) is 1. The Morgan fingerprint density at radius 2 is 1.89 bits per heavy atom. The summed E-state index contributed by atoms with van der Waals surface area (Å²) < 4.78 is 7.59. The molecule has 0 aliphatic heterocycles. The first kappa shape index (κ1) is 13.8. The number of halogens is 1. The lowest BCUT2D eigenvalue weighted by Crippen LogP contribution is -2.22. The number of aromatic nitrogens is 1. The Kier molecular flexibility index (Phi) is 4.36. The lowest BCUT2D eigenvalue weighted by Gasteiger charge is -2.08. The van der Waals surface area contributed by atoms with Gasteiger partial charge in [0, 0.05) is 16.7 Å². The van der Waals surface area contributed by atoms with E-state index in [1.165, 1.54) is 10.6 Å². The van der Waals surface area contributed by atoms with Crippen LogP contribution in [0.25, 0.3) is 0 Å². The van der Waals surface area contributed by atoms with Gasteiger partial charge in [-0.25, -0.2) is 4.79 Å². The van der Waals surface area contributed by atoms with Crippen LogP contribution in [0.5, 0.6) is 0 Å². The van der Waals surface area contributed by atoms with Gasteiger partial charge in [0.1, 0.15) is 12.3 Å². The van der Waals surface area contributed by atoms with Crippen LogP contribution in [0.3, 0.4) is 0 Å². The number of ether oxygens (including phenoxy) is 1. The molecule has 0 saturated heterocycles. The maximum absolute atomic E-state index is 11.9. The molecule has 1 aromatic carbocycles. The van der Waals surface area contributed by atoms with Crippen LogP contribution in [0.15, 0.2) is 47.3 Å². The van der Waals surface area contributed by atoms with E-state index in [9.17, 15) is 9.59 Å². The van der Waals surface area contributed by atoms with E-state index in [-0.39, 0.29) is 17.9 Å². The van der Waals surface area contributed by atoms with Crippen LogP contribution < -0.4 is 5.56 Å². The standard InChI is InChI=1S/C14H12INO3/c1-16-12(3-2-4-13(16)17)14(18)19-9-10-5-7-11(15)8-6-10/h2-8H,9H2,1H3. The first-order chi connectivity index (χ1) is 9.08. The van der Waals surface area contributed by atoms with Crippen molar-refractivity contribution in [3.8, 4) is 0 Å². The molecule has 0 aliphatic carbocycles. The summed E-state index contributed by atoms with van der Waals surface area (Å²) in [5.41, 5.74) is 0.927. The third kappa shape index (κ3) is 3.44. The fourth-order valence-corrected chi connectivity index (χ4v) is 1.93.